The second kappa shape index (κ2) is 14.4. The number of amides is 3. The van der Waals surface area contributed by atoms with Crippen LogP contribution in [0.25, 0.3) is 0 Å². The predicted molar refractivity (Wildman–Crippen MR) is 179 cm³/mol. The molecule has 7 nitrogen and oxygen atoms in total. The number of benzene rings is 5. The fourth-order valence-electron chi connectivity index (χ4n) is 5.52. The van der Waals surface area contributed by atoms with Crippen molar-refractivity contribution in [3.63, 3.8) is 0 Å². The molecule has 0 spiro atoms. The normalized spacial score (nSPS) is 13.3. The second-order valence-electron chi connectivity index (χ2n) is 11.0. The Kier molecular flexibility index (Phi) is 9.48. The molecule has 0 saturated carbocycles. The van der Waals surface area contributed by atoms with Gasteiger partial charge in [0.05, 0.1) is 5.56 Å². The van der Waals surface area contributed by atoms with E-state index in [9.17, 15) is 9.59 Å². The number of urea groups is 1. The number of piperazine rings is 1. The van der Waals surface area contributed by atoms with Crippen molar-refractivity contribution in [1.82, 2.24) is 9.80 Å². The van der Waals surface area contributed by atoms with Crippen molar-refractivity contribution in [2.24, 2.45) is 0 Å². The van der Waals surface area contributed by atoms with Crippen molar-refractivity contribution >= 4 is 23.3 Å². The molecule has 1 saturated heterocycles. The zero-order valence-electron chi connectivity index (χ0n) is 25.0. The first-order valence-electron chi connectivity index (χ1n) is 15.2. The summed E-state index contributed by atoms with van der Waals surface area (Å²) in [7, 11) is 0. The Morgan fingerprint density at radius 3 is 1.76 bits per heavy atom. The number of carbonyl (C=O) groups excluding carboxylic acids is 2. The summed E-state index contributed by atoms with van der Waals surface area (Å²) in [5, 5.41) is 5.72. The minimum absolute atomic E-state index is 0.128. The highest BCUT2D eigenvalue weighted by atomic mass is 16.5. The number of nitrogens with zero attached hydrogens (tertiary/aromatic N) is 2. The third kappa shape index (κ3) is 7.77. The van der Waals surface area contributed by atoms with Gasteiger partial charge in [0, 0.05) is 44.1 Å². The number of ether oxygens (including phenoxy) is 1. The Morgan fingerprint density at radius 2 is 1.16 bits per heavy atom. The molecule has 226 valence electrons. The van der Waals surface area contributed by atoms with Gasteiger partial charge in [0.25, 0.3) is 5.91 Å². The first-order valence-corrected chi connectivity index (χ1v) is 15.2. The lowest BCUT2D eigenvalue weighted by Crippen LogP contribution is -2.48. The minimum Gasteiger partial charge on any atom is -0.480 e. The van der Waals surface area contributed by atoms with Gasteiger partial charge in [0.15, 0.2) is 0 Å². The molecule has 1 heterocycles. The maximum Gasteiger partial charge on any atom is 0.323 e. The van der Waals surface area contributed by atoms with Crippen LogP contribution in [0.4, 0.5) is 16.2 Å². The molecule has 0 atom stereocenters. The van der Waals surface area contributed by atoms with E-state index in [2.05, 4.69) is 39.8 Å². The lowest BCUT2D eigenvalue weighted by atomic mass is 10.0. The quantitative estimate of drug-likeness (QED) is 0.185. The van der Waals surface area contributed by atoms with E-state index in [0.29, 0.717) is 35.8 Å². The van der Waals surface area contributed by atoms with E-state index in [1.807, 2.05) is 102 Å². The standard InChI is InChI=1S/C38H36N4O3/c43-37(42-25-23-41(24-26-42)28-29-13-5-1-6-14-29)34-27-33(40-38(44)39-32-19-11-4-12-20-32)21-22-35(34)45-36(30-15-7-2-8-16-30)31-17-9-3-10-18-31/h1-22,27,36H,23-26,28H2,(H2,39,40,44). The van der Waals surface area contributed by atoms with Gasteiger partial charge in [0.1, 0.15) is 11.9 Å². The number of carbonyl (C=O) groups is 2. The van der Waals surface area contributed by atoms with E-state index in [1.54, 1.807) is 18.2 Å². The Bertz CT molecular complexity index is 1650. The molecular weight excluding hydrogens is 560 g/mol. The van der Waals surface area contributed by atoms with Crippen molar-refractivity contribution in [2.45, 2.75) is 12.6 Å². The van der Waals surface area contributed by atoms with Gasteiger partial charge >= 0.3 is 6.03 Å². The van der Waals surface area contributed by atoms with E-state index >= 15 is 0 Å². The first kappa shape index (κ1) is 29.7. The van der Waals surface area contributed by atoms with Gasteiger partial charge in [0.2, 0.25) is 0 Å². The fourth-order valence-corrected chi connectivity index (χ4v) is 5.52. The number of anilines is 2. The van der Waals surface area contributed by atoms with Crippen LogP contribution >= 0.6 is 0 Å². The van der Waals surface area contributed by atoms with Gasteiger partial charge in [-0.3, -0.25) is 9.69 Å². The summed E-state index contributed by atoms with van der Waals surface area (Å²) in [5.74, 6) is 0.329. The highest BCUT2D eigenvalue weighted by Crippen LogP contribution is 2.33. The lowest BCUT2D eigenvalue weighted by Gasteiger charge is -2.35. The average Bonchev–Trinajstić information content (AvgIpc) is 3.09. The van der Waals surface area contributed by atoms with Crippen molar-refractivity contribution in [2.75, 3.05) is 36.8 Å². The molecule has 0 bridgehead atoms. The molecule has 0 aromatic heterocycles. The van der Waals surface area contributed by atoms with Crippen LogP contribution in [-0.2, 0) is 6.54 Å². The minimum atomic E-state index is -0.429. The highest BCUT2D eigenvalue weighted by Gasteiger charge is 2.27. The molecule has 0 radical (unpaired) electrons. The maximum atomic E-state index is 14.2. The Balaban J connectivity index is 1.26. The van der Waals surface area contributed by atoms with Gasteiger partial charge in [-0.05, 0) is 47.0 Å². The van der Waals surface area contributed by atoms with Crippen LogP contribution in [0.5, 0.6) is 5.75 Å². The highest BCUT2D eigenvalue weighted by molar-refractivity contribution is 6.02. The first-order chi connectivity index (χ1) is 22.1. The van der Waals surface area contributed by atoms with Crippen molar-refractivity contribution < 1.29 is 14.3 Å². The summed E-state index contributed by atoms with van der Waals surface area (Å²) < 4.78 is 6.70. The van der Waals surface area contributed by atoms with Crippen LogP contribution in [0, 0.1) is 0 Å². The van der Waals surface area contributed by atoms with Crippen LogP contribution < -0.4 is 15.4 Å². The summed E-state index contributed by atoms with van der Waals surface area (Å²) in [4.78, 5) is 31.2. The summed E-state index contributed by atoms with van der Waals surface area (Å²) in [6, 6.07) is 44.4. The number of hydrogen-bond donors (Lipinski definition) is 2. The molecule has 3 amide bonds. The van der Waals surface area contributed by atoms with Gasteiger partial charge in [-0.2, -0.15) is 0 Å². The molecule has 1 aliphatic rings. The number of hydrogen-bond acceptors (Lipinski definition) is 4. The number of nitrogens with one attached hydrogen (secondary N) is 2. The molecule has 0 aliphatic carbocycles. The fraction of sp³-hybridized carbons (Fsp3) is 0.158. The molecular formula is C38H36N4O3. The predicted octanol–water partition coefficient (Wildman–Crippen LogP) is 7.46. The molecule has 1 aliphatic heterocycles. The van der Waals surface area contributed by atoms with Crippen molar-refractivity contribution in [3.05, 3.63) is 162 Å². The maximum absolute atomic E-state index is 14.2. The van der Waals surface area contributed by atoms with E-state index in [4.69, 9.17) is 4.74 Å². The third-order valence-corrected chi connectivity index (χ3v) is 7.86. The monoisotopic (exact) mass is 596 g/mol. The van der Waals surface area contributed by atoms with E-state index in [-0.39, 0.29) is 5.91 Å². The summed E-state index contributed by atoms with van der Waals surface area (Å²) in [6.07, 6.45) is -0.429. The zero-order chi connectivity index (χ0) is 30.8. The zero-order valence-corrected chi connectivity index (χ0v) is 25.0. The smallest absolute Gasteiger partial charge is 0.323 e. The lowest BCUT2D eigenvalue weighted by molar-refractivity contribution is 0.0622. The molecule has 2 N–H and O–H groups in total. The largest absolute Gasteiger partial charge is 0.480 e. The van der Waals surface area contributed by atoms with E-state index in [0.717, 1.165) is 30.8 Å². The Hall–Kier alpha value is -5.40. The van der Waals surface area contributed by atoms with Gasteiger partial charge < -0.3 is 20.3 Å². The van der Waals surface area contributed by atoms with Crippen LogP contribution in [0.1, 0.15) is 33.2 Å². The summed E-state index contributed by atoms with van der Waals surface area (Å²) in [6.45, 7) is 3.58. The molecule has 7 heteroatoms. The van der Waals surface area contributed by atoms with Crippen molar-refractivity contribution in [1.29, 1.82) is 0 Å². The van der Waals surface area contributed by atoms with E-state index < -0.39 is 12.1 Å². The summed E-state index contributed by atoms with van der Waals surface area (Å²) >= 11 is 0. The van der Waals surface area contributed by atoms with Crippen LogP contribution in [0.15, 0.2) is 140 Å². The topological polar surface area (TPSA) is 73.9 Å². The SMILES string of the molecule is O=C(Nc1ccccc1)Nc1ccc(OC(c2ccccc2)c2ccccc2)c(C(=O)N2CCN(Cc3ccccc3)CC2)c1. The van der Waals surface area contributed by atoms with Crippen LogP contribution in [-0.4, -0.2) is 47.9 Å². The Morgan fingerprint density at radius 1 is 0.622 bits per heavy atom. The van der Waals surface area contributed by atoms with Gasteiger partial charge in [-0.15, -0.1) is 0 Å². The van der Waals surface area contributed by atoms with Crippen LogP contribution in [0.3, 0.4) is 0 Å². The second-order valence-corrected chi connectivity index (χ2v) is 11.0. The van der Waals surface area contributed by atoms with Crippen molar-refractivity contribution in [3.8, 4) is 5.75 Å². The molecule has 0 unspecified atom stereocenters. The Labute approximate surface area is 264 Å². The molecule has 45 heavy (non-hydrogen) atoms. The molecule has 5 aromatic carbocycles. The van der Waals surface area contributed by atoms with E-state index in [1.165, 1.54) is 5.56 Å². The number of rotatable bonds is 9. The van der Waals surface area contributed by atoms with Gasteiger partial charge in [-0.1, -0.05) is 109 Å². The molecule has 6 rings (SSSR count). The molecule has 1 fully saturated rings. The number of para-hydroxylation sites is 1. The van der Waals surface area contributed by atoms with Gasteiger partial charge in [-0.25, -0.2) is 4.79 Å². The van der Waals surface area contributed by atoms with Crippen LogP contribution in [0.2, 0.25) is 0 Å². The summed E-state index contributed by atoms with van der Waals surface area (Å²) in [5.41, 5.74) is 4.78. The average molecular weight is 597 g/mol. The third-order valence-electron chi connectivity index (χ3n) is 7.86. The molecule has 5 aromatic rings.